The van der Waals surface area contributed by atoms with E-state index >= 15 is 0 Å². The number of ether oxygens (including phenoxy) is 6. The van der Waals surface area contributed by atoms with Gasteiger partial charge in [-0.1, -0.05) is 6.92 Å². The number of carbonyl (C=O) groups is 1. The average Bonchev–Trinajstić information content (AvgIpc) is 3.71. The number of aromatic amines is 1. The van der Waals surface area contributed by atoms with E-state index in [0.717, 1.165) is 6.42 Å². The number of aliphatic hydroxyl groups excluding tert-OH is 4. The Bertz CT molecular complexity index is 1670. The van der Waals surface area contributed by atoms with E-state index < -0.39 is 89.4 Å². The minimum absolute atomic E-state index is 0.0134. The number of hydrogen-bond acceptors (Lipinski definition) is 20. The summed E-state index contributed by atoms with van der Waals surface area (Å²) in [6.45, 7) is 3.68. The molecule has 0 bridgehead atoms. The summed E-state index contributed by atoms with van der Waals surface area (Å²) in [6.07, 6.45) is -11.4. The Labute approximate surface area is 313 Å². The van der Waals surface area contributed by atoms with Gasteiger partial charge in [0.1, 0.15) is 30.5 Å². The molecule has 2 aromatic rings. The molecule has 4 rings (SSSR count). The highest BCUT2D eigenvalue weighted by molar-refractivity contribution is 7.61. The summed E-state index contributed by atoms with van der Waals surface area (Å²) < 4.78 is 72.5. The van der Waals surface area contributed by atoms with Crippen molar-refractivity contribution in [2.24, 2.45) is 0 Å². The van der Waals surface area contributed by atoms with E-state index in [1.807, 2.05) is 6.92 Å². The van der Waals surface area contributed by atoms with Crippen molar-refractivity contribution in [1.29, 1.82) is 0 Å². The Morgan fingerprint density at radius 2 is 1.60 bits per heavy atom. The van der Waals surface area contributed by atoms with Gasteiger partial charge in [0, 0.05) is 26.0 Å². The lowest BCUT2D eigenvalue weighted by Gasteiger charge is -2.40. The summed E-state index contributed by atoms with van der Waals surface area (Å²) in [4.78, 5) is 54.9. The Hall–Kier alpha value is -2.52. The van der Waals surface area contributed by atoms with Crippen LogP contribution in [-0.4, -0.2) is 165 Å². The van der Waals surface area contributed by atoms with E-state index in [1.54, 1.807) is 0 Å². The number of nitrogens with zero attached hydrogens (tertiary/aromatic N) is 3. The van der Waals surface area contributed by atoms with Gasteiger partial charge in [-0.2, -0.15) is 9.29 Å². The zero-order valence-electron chi connectivity index (χ0n) is 29.7. The number of H-pyrrole nitrogens is 1. The first-order valence-electron chi connectivity index (χ1n) is 17.1. The van der Waals surface area contributed by atoms with E-state index in [9.17, 15) is 48.9 Å². The monoisotopic (exact) mass is 834 g/mol. The summed E-state index contributed by atoms with van der Waals surface area (Å²) in [5.74, 6) is -0.777. The largest absolute Gasteiger partial charge is 0.483 e. The molecule has 2 fully saturated rings. The number of amides is 1. The summed E-state index contributed by atoms with van der Waals surface area (Å²) in [6, 6.07) is 0. The Balaban J connectivity index is 1.16. The number of fused-ring (bicyclic) bond motifs is 1. The number of nitrogens with one attached hydrogen (secondary N) is 2. The molecule has 1 amide bonds. The number of aliphatic hydroxyl groups is 4. The van der Waals surface area contributed by atoms with Crippen LogP contribution in [0, 0.1) is 0 Å². The second kappa shape index (κ2) is 21.3. The fourth-order valence-electron chi connectivity index (χ4n) is 5.24. The smallest absolute Gasteiger partial charge is 0.388 e. The third kappa shape index (κ3) is 13.8. The third-order valence-electron chi connectivity index (χ3n) is 7.86. The topological polar surface area (TPSA) is 357 Å². The highest BCUT2D eigenvalue weighted by atomic mass is 31.3. The van der Waals surface area contributed by atoms with Gasteiger partial charge in [-0.05, 0) is 6.42 Å². The predicted molar refractivity (Wildman–Crippen MR) is 183 cm³/mol. The molecule has 314 valence electrons. The van der Waals surface area contributed by atoms with E-state index in [-0.39, 0.29) is 49.8 Å². The van der Waals surface area contributed by atoms with Gasteiger partial charge in [-0.3, -0.25) is 28.2 Å². The van der Waals surface area contributed by atoms with Crippen LogP contribution in [0.3, 0.4) is 0 Å². The number of nitrogens with two attached hydrogens (primary N) is 1. The van der Waals surface area contributed by atoms with Gasteiger partial charge in [-0.25, -0.2) is 14.1 Å². The first kappa shape index (κ1) is 45.2. The van der Waals surface area contributed by atoms with E-state index in [2.05, 4.69) is 24.6 Å². The molecule has 4 heterocycles. The van der Waals surface area contributed by atoms with Crippen LogP contribution in [0.25, 0.3) is 11.2 Å². The van der Waals surface area contributed by atoms with Crippen molar-refractivity contribution in [2.45, 2.75) is 75.3 Å². The van der Waals surface area contributed by atoms with Crippen LogP contribution in [0.2, 0.25) is 0 Å². The first-order valence-corrected chi connectivity index (χ1v) is 20.1. The van der Waals surface area contributed by atoms with Gasteiger partial charge in [0.15, 0.2) is 23.7 Å². The maximum atomic E-state index is 12.7. The van der Waals surface area contributed by atoms with E-state index in [1.165, 1.54) is 10.9 Å². The van der Waals surface area contributed by atoms with Crippen LogP contribution < -0.4 is 16.6 Å². The lowest BCUT2D eigenvalue weighted by atomic mass is 9.99. The number of rotatable bonds is 24. The van der Waals surface area contributed by atoms with E-state index in [0.29, 0.717) is 33.0 Å². The van der Waals surface area contributed by atoms with Crippen molar-refractivity contribution in [2.75, 3.05) is 71.7 Å². The van der Waals surface area contributed by atoms with E-state index in [4.69, 9.17) is 43.2 Å². The molecule has 0 radical (unpaired) electrons. The summed E-state index contributed by atoms with van der Waals surface area (Å²) >= 11 is 0. The molecule has 10 atom stereocenters. The van der Waals surface area contributed by atoms with Crippen molar-refractivity contribution in [3.8, 4) is 0 Å². The zero-order chi connectivity index (χ0) is 40.2. The molecule has 0 aliphatic carbocycles. The Kier molecular flexibility index (Phi) is 17.5. The van der Waals surface area contributed by atoms with Crippen LogP contribution in [-0.2, 0) is 55.7 Å². The number of phosphoric acid groups is 2. The van der Waals surface area contributed by atoms with Crippen LogP contribution in [0.1, 0.15) is 32.4 Å². The van der Waals surface area contributed by atoms with Crippen LogP contribution in [0.4, 0.5) is 5.95 Å². The molecule has 25 nitrogen and oxygen atoms in total. The number of phosphoric ester groups is 2. The standard InChI is InChI=1S/C28H48N6O19P2/c1-2-4-45-6-8-47-10-11-48-9-7-46-5-3-19(36)30-13-18-21(37)22(38)23(39)27(51-18)52-55(43,44)53-54(41,42)49-14-16-12-17(35)26(50-16)34-15-31-20-24(34)32-28(29)33-25(20)40/h15-18,21-23,26-27,35,37-39H,2-14H2,1H3,(H,30,36)(H,41,42)(H,43,44)(H3,29,32,33,40)/t16-,17-,18?,21+,22?,23?,26+,27+/m0/s1. The number of anilines is 1. The lowest BCUT2D eigenvalue weighted by molar-refractivity contribution is -0.273. The Morgan fingerprint density at radius 3 is 2.25 bits per heavy atom. The second-order valence-corrected chi connectivity index (χ2v) is 15.2. The molecule has 0 saturated carbocycles. The van der Waals surface area contributed by atoms with Crippen molar-refractivity contribution in [1.82, 2.24) is 24.8 Å². The van der Waals surface area contributed by atoms with Gasteiger partial charge >= 0.3 is 15.6 Å². The number of nitrogen functional groups attached to an aromatic ring is 1. The number of aromatic nitrogens is 4. The maximum Gasteiger partial charge on any atom is 0.483 e. The highest BCUT2D eigenvalue weighted by Crippen LogP contribution is 2.61. The van der Waals surface area contributed by atoms with Gasteiger partial charge in [0.2, 0.25) is 11.9 Å². The highest BCUT2D eigenvalue weighted by Gasteiger charge is 2.49. The molecule has 2 aromatic heterocycles. The normalized spacial score (nSPS) is 27.9. The third-order valence-corrected chi connectivity index (χ3v) is 10.5. The molecule has 55 heavy (non-hydrogen) atoms. The quantitative estimate of drug-likeness (QED) is 0.0386. The second-order valence-electron chi connectivity index (χ2n) is 12.2. The summed E-state index contributed by atoms with van der Waals surface area (Å²) in [7, 11) is -11.1. The molecule has 0 spiro atoms. The average molecular weight is 835 g/mol. The van der Waals surface area contributed by atoms with Crippen LogP contribution >= 0.6 is 15.6 Å². The summed E-state index contributed by atoms with van der Waals surface area (Å²) in [5.41, 5.74) is 4.84. The van der Waals surface area contributed by atoms with Crippen LogP contribution in [0.5, 0.6) is 0 Å². The minimum atomic E-state index is -5.63. The van der Waals surface area contributed by atoms with Gasteiger partial charge in [-0.15, -0.1) is 0 Å². The van der Waals surface area contributed by atoms with Crippen molar-refractivity contribution >= 4 is 38.7 Å². The molecule has 2 aliphatic rings. The molecular weight excluding hydrogens is 786 g/mol. The number of hydrogen-bond donors (Lipinski definition) is 9. The molecule has 10 N–H and O–H groups in total. The predicted octanol–water partition coefficient (Wildman–Crippen LogP) is -2.61. The van der Waals surface area contributed by atoms with Gasteiger partial charge < -0.3 is 69.7 Å². The number of imidazole rings is 1. The molecular formula is C28H48N6O19P2. The molecule has 2 aliphatic heterocycles. The Morgan fingerprint density at radius 1 is 0.964 bits per heavy atom. The minimum Gasteiger partial charge on any atom is -0.388 e. The number of carbonyl (C=O) groups excluding carboxylic acids is 1. The maximum absolute atomic E-state index is 12.7. The fraction of sp³-hybridized carbons (Fsp3) is 0.786. The molecule has 0 aromatic carbocycles. The SMILES string of the molecule is CCCOCCOCCOCCOCCC(=O)NCC1O[C@H](OP(=O)(O)OP(=O)(O)OC[C@@H]2C[C@H](O)[C@H](n3cnc4c(=O)[nH]c(N)nc43)O2)C(O)C(O)[C@@H]1O. The van der Waals surface area contributed by atoms with Gasteiger partial charge in [0.05, 0.1) is 65.3 Å². The van der Waals surface area contributed by atoms with Crippen LogP contribution in [0.15, 0.2) is 11.1 Å². The molecule has 2 saturated heterocycles. The van der Waals surface area contributed by atoms with Crippen molar-refractivity contribution in [3.05, 3.63) is 16.7 Å². The molecule has 5 unspecified atom stereocenters. The zero-order valence-corrected chi connectivity index (χ0v) is 31.5. The fourth-order valence-corrected chi connectivity index (χ4v) is 7.42. The first-order chi connectivity index (χ1) is 26.1. The molecule has 27 heteroatoms. The summed E-state index contributed by atoms with van der Waals surface area (Å²) in [5, 5.41) is 43.9. The van der Waals surface area contributed by atoms with Gasteiger partial charge in [0.25, 0.3) is 5.56 Å². The lowest BCUT2D eigenvalue weighted by Crippen LogP contribution is -2.60. The van der Waals surface area contributed by atoms with Crippen molar-refractivity contribution in [3.63, 3.8) is 0 Å². The van der Waals surface area contributed by atoms with Crippen molar-refractivity contribution < 1.29 is 85.9 Å².